The average Bonchev–Trinajstić information content (AvgIpc) is 2.68. The fourth-order valence-corrected chi connectivity index (χ4v) is 3.56. The van der Waals surface area contributed by atoms with Crippen LogP contribution in [0.4, 0.5) is 5.82 Å². The lowest BCUT2D eigenvalue weighted by molar-refractivity contribution is 0.261. The summed E-state index contributed by atoms with van der Waals surface area (Å²) in [4.78, 5) is 6.80. The minimum Gasteiger partial charge on any atom is -0.507 e. The molecule has 2 aromatic heterocycles. The first kappa shape index (κ1) is 17.2. The second kappa shape index (κ2) is 7.17. The van der Waals surface area contributed by atoms with Crippen molar-refractivity contribution in [2.75, 3.05) is 25.5 Å². The van der Waals surface area contributed by atoms with Crippen molar-refractivity contribution in [3.8, 4) is 23.1 Å². The van der Waals surface area contributed by atoms with Crippen molar-refractivity contribution >= 4 is 16.7 Å². The van der Waals surface area contributed by atoms with Crippen molar-refractivity contribution in [3.63, 3.8) is 0 Å². The SMILES string of the molecule is CN1CCCC(Nc2nnc(-c3ccc(C#N)cc3O)c3cccnc23)C1. The summed E-state index contributed by atoms with van der Waals surface area (Å²) < 4.78 is 0. The van der Waals surface area contributed by atoms with Crippen molar-refractivity contribution < 1.29 is 5.11 Å². The second-order valence-corrected chi connectivity index (χ2v) is 6.89. The lowest BCUT2D eigenvalue weighted by Gasteiger charge is -2.30. The van der Waals surface area contributed by atoms with E-state index in [2.05, 4.69) is 32.4 Å². The molecule has 27 heavy (non-hydrogen) atoms. The van der Waals surface area contributed by atoms with Gasteiger partial charge in [0.15, 0.2) is 5.82 Å². The zero-order valence-corrected chi connectivity index (χ0v) is 15.1. The van der Waals surface area contributed by atoms with Gasteiger partial charge in [0.1, 0.15) is 17.0 Å². The Morgan fingerprint density at radius 1 is 1.30 bits per heavy atom. The van der Waals surface area contributed by atoms with E-state index in [0.29, 0.717) is 28.7 Å². The minimum absolute atomic E-state index is 0.00289. The number of fused-ring (bicyclic) bond motifs is 1. The van der Waals surface area contributed by atoms with E-state index < -0.39 is 0 Å². The summed E-state index contributed by atoms with van der Waals surface area (Å²) in [5.41, 5.74) is 2.20. The van der Waals surface area contributed by atoms with E-state index in [1.54, 1.807) is 18.3 Å². The van der Waals surface area contributed by atoms with Crippen molar-refractivity contribution in [2.24, 2.45) is 0 Å². The Labute approximate surface area is 157 Å². The Hall–Kier alpha value is -3.24. The van der Waals surface area contributed by atoms with E-state index in [1.165, 1.54) is 6.07 Å². The molecular weight excluding hydrogens is 340 g/mol. The van der Waals surface area contributed by atoms with Gasteiger partial charge in [-0.25, -0.2) is 0 Å². The van der Waals surface area contributed by atoms with Crippen molar-refractivity contribution in [2.45, 2.75) is 18.9 Å². The van der Waals surface area contributed by atoms with Crippen LogP contribution in [0, 0.1) is 11.3 Å². The van der Waals surface area contributed by atoms with Crippen LogP contribution in [0.25, 0.3) is 22.2 Å². The predicted molar refractivity (Wildman–Crippen MR) is 103 cm³/mol. The number of nitriles is 1. The molecule has 1 aliphatic rings. The molecule has 136 valence electrons. The Bertz CT molecular complexity index is 1030. The lowest BCUT2D eigenvalue weighted by Crippen LogP contribution is -2.40. The van der Waals surface area contributed by atoms with Crippen LogP contribution in [-0.2, 0) is 0 Å². The van der Waals surface area contributed by atoms with E-state index in [1.807, 2.05) is 18.2 Å². The Morgan fingerprint density at radius 3 is 2.96 bits per heavy atom. The van der Waals surface area contributed by atoms with Crippen LogP contribution in [0.3, 0.4) is 0 Å². The first-order valence-corrected chi connectivity index (χ1v) is 8.95. The van der Waals surface area contributed by atoms with Crippen LogP contribution < -0.4 is 5.32 Å². The molecule has 1 saturated heterocycles. The summed E-state index contributed by atoms with van der Waals surface area (Å²) in [6.07, 6.45) is 3.95. The van der Waals surface area contributed by atoms with E-state index >= 15 is 0 Å². The molecule has 4 rings (SSSR count). The molecule has 0 bridgehead atoms. The number of nitrogens with one attached hydrogen (secondary N) is 1. The molecule has 1 unspecified atom stereocenters. The summed E-state index contributed by atoms with van der Waals surface area (Å²) in [5.74, 6) is 0.658. The third kappa shape index (κ3) is 3.39. The zero-order chi connectivity index (χ0) is 18.8. The van der Waals surface area contributed by atoms with Crippen LogP contribution in [0.2, 0.25) is 0 Å². The Morgan fingerprint density at radius 2 is 2.19 bits per heavy atom. The molecule has 7 nitrogen and oxygen atoms in total. The van der Waals surface area contributed by atoms with Gasteiger partial charge in [0.25, 0.3) is 0 Å². The van der Waals surface area contributed by atoms with Crippen LogP contribution in [0.5, 0.6) is 5.75 Å². The van der Waals surface area contributed by atoms with Gasteiger partial charge < -0.3 is 15.3 Å². The number of aromatic hydroxyl groups is 1. The molecule has 0 saturated carbocycles. The molecule has 1 fully saturated rings. The number of phenols is 1. The number of phenolic OH excluding ortho intramolecular Hbond substituents is 1. The number of rotatable bonds is 3. The number of pyridine rings is 1. The van der Waals surface area contributed by atoms with Crippen LogP contribution in [0.15, 0.2) is 36.5 Å². The molecule has 0 spiro atoms. The van der Waals surface area contributed by atoms with Gasteiger partial charge in [0.05, 0.1) is 11.6 Å². The van der Waals surface area contributed by atoms with Crippen molar-refractivity contribution in [1.29, 1.82) is 5.26 Å². The van der Waals surface area contributed by atoms with Gasteiger partial charge in [0, 0.05) is 29.7 Å². The van der Waals surface area contributed by atoms with Gasteiger partial charge in [-0.15, -0.1) is 10.2 Å². The summed E-state index contributed by atoms with van der Waals surface area (Å²) in [7, 11) is 2.12. The smallest absolute Gasteiger partial charge is 0.175 e. The standard InChI is InChI=1S/C20H20N6O/c1-26-9-3-4-14(12-26)23-20-19-16(5-2-8-22-19)18(24-25-20)15-7-6-13(11-21)10-17(15)27/h2,5-8,10,14,27H,3-4,9,12H2,1H3,(H,23,25). The fourth-order valence-electron chi connectivity index (χ4n) is 3.56. The monoisotopic (exact) mass is 360 g/mol. The number of hydrogen-bond donors (Lipinski definition) is 2. The first-order chi connectivity index (χ1) is 13.2. The largest absolute Gasteiger partial charge is 0.507 e. The number of likely N-dealkylation sites (N-methyl/N-ethyl adjacent to an activating group) is 1. The highest BCUT2D eigenvalue weighted by Gasteiger charge is 2.20. The van der Waals surface area contributed by atoms with E-state index in [4.69, 9.17) is 5.26 Å². The highest BCUT2D eigenvalue weighted by molar-refractivity contribution is 5.98. The highest BCUT2D eigenvalue weighted by Crippen LogP contribution is 2.34. The predicted octanol–water partition coefficient (Wildman–Crippen LogP) is 2.78. The molecule has 0 amide bonds. The van der Waals surface area contributed by atoms with E-state index in [9.17, 15) is 5.11 Å². The molecule has 2 N–H and O–H groups in total. The minimum atomic E-state index is 0.00289. The number of hydrogen-bond acceptors (Lipinski definition) is 7. The summed E-state index contributed by atoms with van der Waals surface area (Å²) in [6.45, 7) is 2.06. The zero-order valence-electron chi connectivity index (χ0n) is 15.1. The quantitative estimate of drug-likeness (QED) is 0.741. The third-order valence-corrected chi connectivity index (χ3v) is 4.88. The Balaban J connectivity index is 1.76. The van der Waals surface area contributed by atoms with Crippen LogP contribution in [0.1, 0.15) is 18.4 Å². The number of aromatic nitrogens is 3. The highest BCUT2D eigenvalue weighted by atomic mass is 16.3. The summed E-state index contributed by atoms with van der Waals surface area (Å²) >= 11 is 0. The van der Waals surface area contributed by atoms with Gasteiger partial charge in [-0.05, 0) is 56.8 Å². The maximum absolute atomic E-state index is 10.3. The number of piperidine rings is 1. The van der Waals surface area contributed by atoms with Crippen molar-refractivity contribution in [1.82, 2.24) is 20.1 Å². The molecule has 3 aromatic rings. The molecule has 1 aromatic carbocycles. The summed E-state index contributed by atoms with van der Waals surface area (Å²) in [5, 5.41) is 32.4. The molecule has 1 atom stereocenters. The van der Waals surface area contributed by atoms with Gasteiger partial charge in [-0.1, -0.05) is 0 Å². The average molecular weight is 360 g/mol. The van der Waals surface area contributed by atoms with Crippen LogP contribution >= 0.6 is 0 Å². The first-order valence-electron chi connectivity index (χ1n) is 8.95. The molecule has 0 aliphatic carbocycles. The van der Waals surface area contributed by atoms with Gasteiger partial charge in [-0.2, -0.15) is 5.26 Å². The number of nitrogens with zero attached hydrogens (tertiary/aromatic N) is 5. The second-order valence-electron chi connectivity index (χ2n) is 6.89. The molecule has 3 heterocycles. The fraction of sp³-hybridized carbons (Fsp3) is 0.300. The summed E-state index contributed by atoms with van der Waals surface area (Å²) in [6, 6.07) is 10.9. The van der Waals surface area contributed by atoms with E-state index in [0.717, 1.165) is 36.8 Å². The van der Waals surface area contributed by atoms with E-state index in [-0.39, 0.29) is 5.75 Å². The number of benzene rings is 1. The normalized spacial score (nSPS) is 17.6. The topological polar surface area (TPSA) is 98.0 Å². The maximum atomic E-state index is 10.3. The lowest BCUT2D eigenvalue weighted by atomic mass is 10.0. The van der Waals surface area contributed by atoms with Gasteiger partial charge >= 0.3 is 0 Å². The molecular formula is C20H20N6O. The molecule has 7 heteroatoms. The molecule has 0 radical (unpaired) electrons. The number of anilines is 1. The van der Waals surface area contributed by atoms with Gasteiger partial charge in [0.2, 0.25) is 0 Å². The molecule has 1 aliphatic heterocycles. The number of likely N-dealkylation sites (tertiary alicyclic amines) is 1. The Kier molecular flexibility index (Phi) is 4.57. The van der Waals surface area contributed by atoms with Crippen LogP contribution in [-0.4, -0.2) is 51.4 Å². The van der Waals surface area contributed by atoms with Gasteiger partial charge in [-0.3, -0.25) is 4.98 Å². The van der Waals surface area contributed by atoms with Crippen molar-refractivity contribution in [3.05, 3.63) is 42.1 Å². The maximum Gasteiger partial charge on any atom is 0.175 e. The third-order valence-electron chi connectivity index (χ3n) is 4.88.